The first-order valence-corrected chi connectivity index (χ1v) is 15.7. The van der Waals surface area contributed by atoms with Crippen LogP contribution in [0.4, 0.5) is 0 Å². The molecule has 1 N–H and O–H groups in total. The number of nitrogens with zero attached hydrogens (tertiary/aromatic N) is 1. The normalized spacial score (nSPS) is 13.8. The van der Waals surface area contributed by atoms with E-state index in [1.165, 1.54) is 49.9 Å². The fraction of sp³-hybridized carbons (Fsp3) is 0.317. The van der Waals surface area contributed by atoms with Crippen molar-refractivity contribution < 1.29 is 30.0 Å². The summed E-state index contributed by atoms with van der Waals surface area (Å²) in [6.07, 6.45) is 4.94. The Hall–Kier alpha value is -3.59. The standard InChI is InChI=1S/C28H20N.C13H24O2.Ir/c1-28(2)24-14-13-19-8-5-6-10-22(19)25(24)23-15-16-29-27(26(23)28)21-12-11-18-7-3-4-9-20(18)17-21;1-7-12(3,4)10(14)9-11(15)13(5,6)8-2;/h3-11,13-17H,1-2H3;9,14H,7-8H2,1-6H3;/q-1;;/b;10-9-;. The maximum Gasteiger partial charge on any atom is 0.164 e. The van der Waals surface area contributed by atoms with Crippen molar-refractivity contribution in [1.82, 2.24) is 4.98 Å². The molecule has 6 rings (SSSR count). The summed E-state index contributed by atoms with van der Waals surface area (Å²) in [7, 11) is 0. The van der Waals surface area contributed by atoms with Crippen LogP contribution < -0.4 is 0 Å². The van der Waals surface area contributed by atoms with Gasteiger partial charge >= 0.3 is 0 Å². The molecule has 5 aromatic rings. The third-order valence-corrected chi connectivity index (χ3v) is 9.78. The molecule has 0 fully saturated rings. The zero-order valence-corrected chi connectivity index (χ0v) is 30.1. The SMILES string of the molecule is CC1(C)c2ccc3ccccc3c2-c2ccnc(-c3[c-]cc4ccccc4c3)c21.CCC(C)(C)C(=O)/C=C(\O)C(C)(C)CC.[Ir]. The Morgan fingerprint density at radius 1 is 0.867 bits per heavy atom. The predicted molar refractivity (Wildman–Crippen MR) is 185 cm³/mol. The van der Waals surface area contributed by atoms with Gasteiger partial charge in [0, 0.05) is 48.6 Å². The largest absolute Gasteiger partial charge is 0.512 e. The zero-order chi connectivity index (χ0) is 31.9. The second-order valence-corrected chi connectivity index (χ2v) is 13.8. The van der Waals surface area contributed by atoms with E-state index in [0.717, 1.165) is 24.1 Å². The van der Waals surface area contributed by atoms with Crippen LogP contribution in [0.2, 0.25) is 0 Å². The van der Waals surface area contributed by atoms with E-state index in [9.17, 15) is 9.90 Å². The maximum atomic E-state index is 11.8. The number of hydrogen-bond donors (Lipinski definition) is 1. The number of allylic oxidation sites excluding steroid dienone is 2. The summed E-state index contributed by atoms with van der Waals surface area (Å²) in [6, 6.07) is 31.6. The summed E-state index contributed by atoms with van der Waals surface area (Å²) in [5, 5.41) is 14.9. The Morgan fingerprint density at radius 2 is 1.49 bits per heavy atom. The van der Waals surface area contributed by atoms with Gasteiger partial charge in [0.25, 0.3) is 0 Å². The molecule has 1 aromatic heterocycles. The second kappa shape index (κ2) is 13.0. The molecule has 3 nitrogen and oxygen atoms in total. The predicted octanol–water partition coefficient (Wildman–Crippen LogP) is 11.0. The molecule has 4 heteroatoms. The van der Waals surface area contributed by atoms with Crippen LogP contribution in [0.3, 0.4) is 0 Å². The number of hydrogen-bond acceptors (Lipinski definition) is 3. The molecular formula is C41H44IrNO2-. The van der Waals surface area contributed by atoms with Crippen LogP contribution >= 0.6 is 0 Å². The molecule has 0 unspecified atom stereocenters. The van der Waals surface area contributed by atoms with Gasteiger partial charge in [0.05, 0.1) is 0 Å². The second-order valence-electron chi connectivity index (χ2n) is 13.8. The molecule has 1 radical (unpaired) electrons. The first kappa shape index (κ1) is 34.3. The van der Waals surface area contributed by atoms with Crippen LogP contribution in [0, 0.1) is 16.9 Å². The number of carbonyl (C=O) groups excluding carboxylic acids is 1. The number of pyridine rings is 1. The summed E-state index contributed by atoms with van der Waals surface area (Å²) in [5.41, 5.74) is 6.64. The first-order chi connectivity index (χ1) is 20.8. The molecule has 0 bridgehead atoms. The van der Waals surface area contributed by atoms with Crippen molar-refractivity contribution in [3.8, 4) is 22.4 Å². The molecule has 45 heavy (non-hydrogen) atoms. The average Bonchev–Trinajstić information content (AvgIpc) is 3.27. The van der Waals surface area contributed by atoms with Crippen molar-refractivity contribution in [1.29, 1.82) is 0 Å². The van der Waals surface area contributed by atoms with E-state index in [0.29, 0.717) is 0 Å². The molecule has 0 saturated carbocycles. The van der Waals surface area contributed by atoms with Gasteiger partial charge in [-0.2, -0.15) is 0 Å². The molecule has 0 saturated heterocycles. The van der Waals surface area contributed by atoms with Gasteiger partial charge in [-0.3, -0.25) is 4.79 Å². The molecular weight excluding hydrogens is 731 g/mol. The summed E-state index contributed by atoms with van der Waals surface area (Å²) >= 11 is 0. The van der Waals surface area contributed by atoms with E-state index in [1.807, 2.05) is 47.7 Å². The molecule has 1 aliphatic carbocycles. The quantitative estimate of drug-likeness (QED) is 0.106. The summed E-state index contributed by atoms with van der Waals surface area (Å²) in [6.45, 7) is 16.3. The van der Waals surface area contributed by atoms with Crippen LogP contribution in [0.5, 0.6) is 0 Å². The summed E-state index contributed by atoms with van der Waals surface area (Å²) < 4.78 is 0. The van der Waals surface area contributed by atoms with Crippen LogP contribution in [-0.2, 0) is 30.3 Å². The van der Waals surface area contributed by atoms with Crippen LogP contribution in [0.25, 0.3) is 43.9 Å². The average molecular weight is 775 g/mol. The van der Waals surface area contributed by atoms with Crippen LogP contribution in [0.15, 0.2) is 96.9 Å². The Morgan fingerprint density at radius 3 is 2.16 bits per heavy atom. The number of fused-ring (bicyclic) bond motifs is 6. The number of rotatable bonds is 6. The molecule has 0 spiro atoms. The minimum absolute atomic E-state index is 0. The molecule has 235 valence electrons. The number of benzene rings is 4. The van der Waals surface area contributed by atoms with E-state index in [2.05, 4.69) is 98.8 Å². The van der Waals surface area contributed by atoms with Gasteiger partial charge < -0.3 is 10.1 Å². The fourth-order valence-corrected chi connectivity index (χ4v) is 5.86. The van der Waals surface area contributed by atoms with Gasteiger partial charge in [0.1, 0.15) is 5.76 Å². The minimum atomic E-state index is -0.377. The molecule has 0 atom stereocenters. The monoisotopic (exact) mass is 775 g/mol. The van der Waals surface area contributed by atoms with Crippen molar-refractivity contribution in [2.24, 2.45) is 10.8 Å². The van der Waals surface area contributed by atoms with Gasteiger partial charge in [-0.1, -0.05) is 121 Å². The minimum Gasteiger partial charge on any atom is -0.512 e. The number of aliphatic hydroxyl groups is 1. The zero-order valence-electron chi connectivity index (χ0n) is 27.7. The van der Waals surface area contributed by atoms with E-state index >= 15 is 0 Å². The molecule has 1 aliphatic rings. The van der Waals surface area contributed by atoms with Crippen LogP contribution in [0.1, 0.15) is 79.4 Å². The Bertz CT molecular complexity index is 1900. The molecule has 0 amide bonds. The van der Waals surface area contributed by atoms with E-state index in [1.54, 1.807) is 0 Å². The van der Waals surface area contributed by atoms with Crippen molar-refractivity contribution in [2.45, 2.75) is 73.6 Å². The van der Waals surface area contributed by atoms with E-state index in [-0.39, 0.29) is 47.9 Å². The fourth-order valence-electron chi connectivity index (χ4n) is 5.86. The number of carbonyl (C=O) groups is 1. The van der Waals surface area contributed by atoms with Crippen molar-refractivity contribution in [3.05, 3.63) is 114 Å². The van der Waals surface area contributed by atoms with Gasteiger partial charge in [-0.25, -0.2) is 0 Å². The van der Waals surface area contributed by atoms with Gasteiger partial charge in [-0.05, 0) is 57.6 Å². The Kier molecular flexibility index (Phi) is 9.93. The smallest absolute Gasteiger partial charge is 0.164 e. The van der Waals surface area contributed by atoms with E-state index in [4.69, 9.17) is 4.98 Å². The third kappa shape index (κ3) is 6.41. The van der Waals surface area contributed by atoms with E-state index < -0.39 is 0 Å². The summed E-state index contributed by atoms with van der Waals surface area (Å²) in [4.78, 5) is 16.7. The number of aliphatic hydroxyl groups excluding tert-OH is 1. The van der Waals surface area contributed by atoms with Gasteiger partial charge in [0.2, 0.25) is 0 Å². The maximum absolute atomic E-state index is 11.8. The Balaban J connectivity index is 0.000000249. The van der Waals surface area contributed by atoms with Gasteiger partial charge in [-0.15, -0.1) is 29.1 Å². The molecule has 0 aliphatic heterocycles. The van der Waals surface area contributed by atoms with Crippen molar-refractivity contribution in [2.75, 3.05) is 0 Å². The molecule has 4 aromatic carbocycles. The summed E-state index contributed by atoms with van der Waals surface area (Å²) in [5.74, 6) is 0.195. The Labute approximate surface area is 282 Å². The van der Waals surface area contributed by atoms with Crippen LogP contribution in [-0.4, -0.2) is 15.9 Å². The number of aromatic nitrogens is 1. The van der Waals surface area contributed by atoms with Gasteiger partial charge in [0.15, 0.2) is 5.78 Å². The van der Waals surface area contributed by atoms with Crippen molar-refractivity contribution >= 4 is 27.3 Å². The topological polar surface area (TPSA) is 50.2 Å². The number of ketones is 1. The van der Waals surface area contributed by atoms with Crippen molar-refractivity contribution in [3.63, 3.8) is 0 Å². The first-order valence-electron chi connectivity index (χ1n) is 15.7. The molecule has 1 heterocycles. The third-order valence-electron chi connectivity index (χ3n) is 9.78.